The largest absolute Gasteiger partial charge is 0.445 e. The molecule has 3 rings (SSSR count). The van der Waals surface area contributed by atoms with Crippen LogP contribution < -0.4 is 5.32 Å². The van der Waals surface area contributed by atoms with E-state index in [1.54, 1.807) is 11.1 Å². The predicted molar refractivity (Wildman–Crippen MR) is 87.1 cm³/mol. The van der Waals surface area contributed by atoms with Crippen molar-refractivity contribution in [2.45, 2.75) is 26.4 Å². The Balaban J connectivity index is 1.73. The molecule has 2 heterocycles. The number of aliphatic hydroxyl groups is 1. The number of nitrogens with one attached hydrogen (secondary N) is 1. The number of piperidine rings is 1. The van der Waals surface area contributed by atoms with E-state index in [9.17, 15) is 9.90 Å². The van der Waals surface area contributed by atoms with Gasteiger partial charge in [-0.2, -0.15) is 0 Å². The number of nitrogens with zero attached hydrogens (tertiary/aromatic N) is 2. The van der Waals surface area contributed by atoms with Crippen LogP contribution >= 0.6 is 0 Å². The number of aromatic nitrogens is 1. The molecule has 0 bridgehead atoms. The summed E-state index contributed by atoms with van der Waals surface area (Å²) in [6.45, 7) is 4.99. The molecule has 2 N–H and O–H groups in total. The number of carbonyl (C=O) groups excluding carboxylic acids is 1. The zero-order valence-electron chi connectivity index (χ0n) is 13.3. The van der Waals surface area contributed by atoms with Crippen LogP contribution in [0.25, 0.3) is 11.5 Å². The molecule has 0 saturated carbocycles. The first-order valence-electron chi connectivity index (χ1n) is 7.79. The molecule has 6 nitrogen and oxygen atoms in total. The van der Waals surface area contributed by atoms with E-state index in [2.05, 4.69) is 10.3 Å². The number of hydrogen-bond acceptors (Lipinski definition) is 4. The maximum atomic E-state index is 12.4. The number of oxazole rings is 1. The fraction of sp³-hybridized carbons (Fsp3) is 0.412. The van der Waals surface area contributed by atoms with E-state index in [1.807, 2.05) is 32.0 Å². The van der Waals surface area contributed by atoms with Gasteiger partial charge in [-0.1, -0.05) is 13.0 Å². The zero-order chi connectivity index (χ0) is 16.4. The van der Waals surface area contributed by atoms with Gasteiger partial charge in [0.2, 0.25) is 5.89 Å². The van der Waals surface area contributed by atoms with Gasteiger partial charge < -0.3 is 19.7 Å². The van der Waals surface area contributed by atoms with Crippen molar-refractivity contribution >= 4 is 11.7 Å². The molecule has 1 aliphatic heterocycles. The molecule has 1 saturated heterocycles. The van der Waals surface area contributed by atoms with Gasteiger partial charge in [0.25, 0.3) is 0 Å². The molecule has 1 aromatic carbocycles. The maximum absolute atomic E-state index is 12.4. The Hall–Kier alpha value is -2.34. The SMILES string of the molecule is Cc1ccc(NC(=O)N2CCC(C)C(O)C2)cc1-c1ncco1. The molecule has 1 fully saturated rings. The number of aryl methyl sites for hydroxylation is 1. The Labute approximate surface area is 135 Å². The van der Waals surface area contributed by atoms with Gasteiger partial charge in [-0.25, -0.2) is 9.78 Å². The van der Waals surface area contributed by atoms with Gasteiger partial charge in [0.05, 0.1) is 12.3 Å². The molecule has 1 aliphatic rings. The summed E-state index contributed by atoms with van der Waals surface area (Å²) in [5.74, 6) is 0.760. The van der Waals surface area contributed by atoms with Crippen molar-refractivity contribution in [3.05, 3.63) is 36.2 Å². The van der Waals surface area contributed by atoms with Gasteiger partial charge in [-0.15, -0.1) is 0 Å². The van der Waals surface area contributed by atoms with Crippen LogP contribution in [0.15, 0.2) is 35.1 Å². The summed E-state index contributed by atoms with van der Waals surface area (Å²) in [6, 6.07) is 5.42. The summed E-state index contributed by atoms with van der Waals surface area (Å²) in [5.41, 5.74) is 2.55. The minimum absolute atomic E-state index is 0.196. The number of rotatable bonds is 2. The number of hydrogen-bond donors (Lipinski definition) is 2. The number of aliphatic hydroxyl groups excluding tert-OH is 1. The van der Waals surface area contributed by atoms with E-state index < -0.39 is 6.10 Å². The average Bonchev–Trinajstić information content (AvgIpc) is 3.06. The fourth-order valence-electron chi connectivity index (χ4n) is 2.72. The molecule has 2 atom stereocenters. The van der Waals surface area contributed by atoms with Crippen molar-refractivity contribution in [1.29, 1.82) is 0 Å². The second kappa shape index (κ2) is 6.42. The van der Waals surface area contributed by atoms with E-state index in [1.165, 1.54) is 6.26 Å². The minimum atomic E-state index is -0.463. The van der Waals surface area contributed by atoms with Gasteiger partial charge in [-0.3, -0.25) is 0 Å². The predicted octanol–water partition coefficient (Wildman–Crippen LogP) is 2.88. The topological polar surface area (TPSA) is 78.6 Å². The first kappa shape index (κ1) is 15.6. The van der Waals surface area contributed by atoms with Gasteiger partial charge in [-0.05, 0) is 37.0 Å². The molecular formula is C17H21N3O3. The first-order valence-corrected chi connectivity index (χ1v) is 7.79. The monoisotopic (exact) mass is 315 g/mol. The number of carbonyl (C=O) groups is 1. The summed E-state index contributed by atoms with van der Waals surface area (Å²) in [5, 5.41) is 12.8. The Kier molecular flexibility index (Phi) is 4.34. The second-order valence-corrected chi connectivity index (χ2v) is 6.08. The van der Waals surface area contributed by atoms with Gasteiger partial charge in [0, 0.05) is 24.3 Å². The summed E-state index contributed by atoms with van der Waals surface area (Å²) in [7, 11) is 0. The van der Waals surface area contributed by atoms with E-state index in [-0.39, 0.29) is 11.9 Å². The summed E-state index contributed by atoms with van der Waals surface area (Å²) in [4.78, 5) is 18.2. The van der Waals surface area contributed by atoms with Gasteiger partial charge in [0.1, 0.15) is 6.26 Å². The van der Waals surface area contributed by atoms with Crippen LogP contribution in [0.3, 0.4) is 0 Å². The van der Waals surface area contributed by atoms with Crippen LogP contribution in [0, 0.1) is 12.8 Å². The zero-order valence-corrected chi connectivity index (χ0v) is 13.3. The maximum Gasteiger partial charge on any atom is 0.321 e. The van der Waals surface area contributed by atoms with Crippen molar-refractivity contribution in [3.8, 4) is 11.5 Å². The molecule has 0 spiro atoms. The van der Waals surface area contributed by atoms with E-state index in [0.29, 0.717) is 24.7 Å². The molecule has 122 valence electrons. The number of benzene rings is 1. The number of amides is 2. The van der Waals surface area contributed by atoms with Gasteiger partial charge in [0.15, 0.2) is 0 Å². The highest BCUT2D eigenvalue weighted by Gasteiger charge is 2.27. The van der Waals surface area contributed by atoms with Crippen molar-refractivity contribution in [2.24, 2.45) is 5.92 Å². The molecule has 0 radical (unpaired) electrons. The fourth-order valence-corrected chi connectivity index (χ4v) is 2.72. The van der Waals surface area contributed by atoms with E-state index in [0.717, 1.165) is 17.5 Å². The number of likely N-dealkylation sites (tertiary alicyclic amines) is 1. The highest BCUT2D eigenvalue weighted by Crippen LogP contribution is 2.26. The summed E-state index contributed by atoms with van der Waals surface area (Å²) < 4.78 is 5.34. The molecule has 0 aliphatic carbocycles. The van der Waals surface area contributed by atoms with Crippen molar-refractivity contribution < 1.29 is 14.3 Å². The normalized spacial score (nSPS) is 21.3. The highest BCUT2D eigenvalue weighted by molar-refractivity contribution is 5.90. The third kappa shape index (κ3) is 3.37. The van der Waals surface area contributed by atoms with Crippen LogP contribution in [0.2, 0.25) is 0 Å². The molecule has 2 unspecified atom stereocenters. The van der Waals surface area contributed by atoms with Crippen LogP contribution in [-0.2, 0) is 0 Å². The molecule has 1 aromatic heterocycles. The lowest BCUT2D eigenvalue weighted by Crippen LogP contribution is -2.47. The second-order valence-electron chi connectivity index (χ2n) is 6.08. The molecule has 23 heavy (non-hydrogen) atoms. The molecular weight excluding hydrogens is 294 g/mol. The number of urea groups is 1. The standard InChI is InChI=1S/C17H21N3O3/c1-11-3-4-13(9-14(11)16-18-6-8-23-16)19-17(22)20-7-5-12(2)15(21)10-20/h3-4,6,8-9,12,15,21H,5,7,10H2,1-2H3,(H,19,22). The third-order valence-corrected chi connectivity index (χ3v) is 4.36. The minimum Gasteiger partial charge on any atom is -0.445 e. The van der Waals surface area contributed by atoms with Crippen molar-refractivity contribution in [2.75, 3.05) is 18.4 Å². The Morgan fingerprint density at radius 2 is 2.30 bits per heavy atom. The molecule has 6 heteroatoms. The van der Waals surface area contributed by atoms with Crippen molar-refractivity contribution in [3.63, 3.8) is 0 Å². The third-order valence-electron chi connectivity index (χ3n) is 4.36. The lowest BCUT2D eigenvalue weighted by Gasteiger charge is -2.34. The van der Waals surface area contributed by atoms with E-state index in [4.69, 9.17) is 4.42 Å². The number of anilines is 1. The van der Waals surface area contributed by atoms with Crippen molar-refractivity contribution in [1.82, 2.24) is 9.88 Å². The Morgan fingerprint density at radius 3 is 3.00 bits per heavy atom. The van der Waals surface area contributed by atoms with Crippen LogP contribution in [0.5, 0.6) is 0 Å². The smallest absolute Gasteiger partial charge is 0.321 e. The highest BCUT2D eigenvalue weighted by atomic mass is 16.3. The van der Waals surface area contributed by atoms with Crippen LogP contribution in [-0.4, -0.2) is 40.2 Å². The Morgan fingerprint density at radius 1 is 1.48 bits per heavy atom. The first-order chi connectivity index (χ1) is 11.0. The molecule has 2 amide bonds. The lowest BCUT2D eigenvalue weighted by atomic mass is 9.96. The number of β-amino-alcohol motifs (C(OH)–C–C–N with tert-alkyl or cyclic N) is 1. The van der Waals surface area contributed by atoms with Gasteiger partial charge >= 0.3 is 6.03 Å². The average molecular weight is 315 g/mol. The van der Waals surface area contributed by atoms with Crippen LogP contribution in [0.4, 0.5) is 10.5 Å². The summed E-state index contributed by atoms with van der Waals surface area (Å²) >= 11 is 0. The Bertz CT molecular complexity index is 684. The molecule has 2 aromatic rings. The lowest BCUT2D eigenvalue weighted by molar-refractivity contribution is 0.0464. The van der Waals surface area contributed by atoms with E-state index >= 15 is 0 Å². The quantitative estimate of drug-likeness (QED) is 0.893. The summed E-state index contributed by atoms with van der Waals surface area (Å²) in [6.07, 6.45) is 3.46. The van der Waals surface area contributed by atoms with Crippen LogP contribution in [0.1, 0.15) is 18.9 Å².